The predicted octanol–water partition coefficient (Wildman–Crippen LogP) is 2.97. The van der Waals surface area contributed by atoms with E-state index in [1.807, 2.05) is 13.0 Å². The molecular weight excluding hydrogens is 210 g/mol. The summed E-state index contributed by atoms with van der Waals surface area (Å²) < 4.78 is 0. The second-order valence-electron chi connectivity index (χ2n) is 4.50. The molecule has 0 radical (unpaired) electrons. The highest BCUT2D eigenvalue weighted by Crippen LogP contribution is 2.18. The summed E-state index contributed by atoms with van der Waals surface area (Å²) in [4.78, 5) is 4.10. The molecule has 1 aromatic carbocycles. The summed E-state index contributed by atoms with van der Waals surface area (Å²) in [6.07, 6.45) is 3.67. The first-order valence-corrected chi connectivity index (χ1v) is 5.80. The van der Waals surface area contributed by atoms with Crippen molar-refractivity contribution in [1.82, 2.24) is 4.98 Å². The van der Waals surface area contributed by atoms with Gasteiger partial charge in [-0.25, -0.2) is 0 Å². The van der Waals surface area contributed by atoms with E-state index in [-0.39, 0.29) is 0 Å². The molecule has 0 aliphatic heterocycles. The number of benzene rings is 1. The van der Waals surface area contributed by atoms with Gasteiger partial charge < -0.3 is 5.11 Å². The van der Waals surface area contributed by atoms with E-state index < -0.39 is 6.10 Å². The average molecular weight is 227 g/mol. The van der Waals surface area contributed by atoms with E-state index in [0.29, 0.717) is 6.42 Å². The Bertz CT molecular complexity index is 491. The lowest BCUT2D eigenvalue weighted by molar-refractivity contribution is 0.178. The molecule has 0 bridgehead atoms. The lowest BCUT2D eigenvalue weighted by Gasteiger charge is -2.11. The number of pyridine rings is 1. The molecule has 0 amide bonds. The lowest BCUT2D eigenvalue weighted by atomic mass is 10.0. The van der Waals surface area contributed by atoms with Gasteiger partial charge in [0.25, 0.3) is 0 Å². The van der Waals surface area contributed by atoms with Crippen molar-refractivity contribution < 1.29 is 5.11 Å². The van der Waals surface area contributed by atoms with Crippen LogP contribution in [0, 0.1) is 13.8 Å². The van der Waals surface area contributed by atoms with Gasteiger partial charge in [-0.3, -0.25) is 4.98 Å². The van der Waals surface area contributed by atoms with Gasteiger partial charge in [0.2, 0.25) is 0 Å². The molecule has 2 aromatic rings. The van der Waals surface area contributed by atoms with Crippen molar-refractivity contribution in [3.8, 4) is 0 Å². The van der Waals surface area contributed by atoms with Crippen LogP contribution < -0.4 is 0 Å². The zero-order valence-electron chi connectivity index (χ0n) is 10.2. The third-order valence-corrected chi connectivity index (χ3v) is 2.83. The predicted molar refractivity (Wildman–Crippen MR) is 68.8 cm³/mol. The monoisotopic (exact) mass is 227 g/mol. The number of nitrogens with zero attached hydrogens (tertiary/aromatic N) is 1. The van der Waals surface area contributed by atoms with E-state index in [2.05, 4.69) is 36.2 Å². The quantitative estimate of drug-likeness (QED) is 0.874. The fourth-order valence-electron chi connectivity index (χ4n) is 1.83. The Morgan fingerprint density at radius 1 is 1.06 bits per heavy atom. The van der Waals surface area contributed by atoms with Crippen molar-refractivity contribution in [3.05, 3.63) is 65.0 Å². The van der Waals surface area contributed by atoms with Crippen LogP contribution in [0.4, 0.5) is 0 Å². The van der Waals surface area contributed by atoms with Crippen molar-refractivity contribution in [2.24, 2.45) is 0 Å². The minimum atomic E-state index is -0.481. The van der Waals surface area contributed by atoms with Crippen LogP contribution in [-0.4, -0.2) is 10.1 Å². The Morgan fingerprint density at radius 3 is 2.41 bits per heavy atom. The third kappa shape index (κ3) is 3.14. The van der Waals surface area contributed by atoms with Crippen molar-refractivity contribution in [3.63, 3.8) is 0 Å². The fourth-order valence-corrected chi connectivity index (χ4v) is 1.83. The first-order chi connectivity index (χ1) is 8.15. The molecule has 17 heavy (non-hydrogen) atoms. The normalized spacial score (nSPS) is 12.4. The Morgan fingerprint density at radius 2 is 1.76 bits per heavy atom. The van der Waals surface area contributed by atoms with E-state index in [1.165, 1.54) is 5.56 Å². The first kappa shape index (κ1) is 11.8. The minimum Gasteiger partial charge on any atom is -0.388 e. The Hall–Kier alpha value is -1.67. The van der Waals surface area contributed by atoms with E-state index in [9.17, 15) is 5.11 Å². The SMILES string of the molecule is Cc1ccc(CC(O)c2cncc(C)c2)cc1. The fraction of sp³-hybridized carbons (Fsp3) is 0.267. The second kappa shape index (κ2) is 5.11. The minimum absolute atomic E-state index is 0.481. The zero-order chi connectivity index (χ0) is 12.3. The molecule has 1 unspecified atom stereocenters. The number of hydrogen-bond acceptors (Lipinski definition) is 2. The maximum absolute atomic E-state index is 10.1. The summed E-state index contributed by atoms with van der Waals surface area (Å²) in [5.41, 5.74) is 4.33. The summed E-state index contributed by atoms with van der Waals surface area (Å²) in [6, 6.07) is 10.2. The van der Waals surface area contributed by atoms with Crippen molar-refractivity contribution >= 4 is 0 Å². The van der Waals surface area contributed by atoms with E-state index in [4.69, 9.17) is 0 Å². The van der Waals surface area contributed by atoms with Crippen LogP contribution in [0.15, 0.2) is 42.7 Å². The molecule has 1 atom stereocenters. The summed E-state index contributed by atoms with van der Waals surface area (Å²) in [5, 5.41) is 10.1. The number of aliphatic hydroxyl groups excluding tert-OH is 1. The number of aryl methyl sites for hydroxylation is 2. The van der Waals surface area contributed by atoms with Gasteiger partial charge >= 0.3 is 0 Å². The van der Waals surface area contributed by atoms with E-state index in [0.717, 1.165) is 16.7 Å². The van der Waals surface area contributed by atoms with Crippen molar-refractivity contribution in [1.29, 1.82) is 0 Å². The molecule has 2 heteroatoms. The molecule has 1 aromatic heterocycles. The van der Waals surface area contributed by atoms with Crippen LogP contribution in [0.5, 0.6) is 0 Å². The smallest absolute Gasteiger partial charge is 0.0845 e. The maximum atomic E-state index is 10.1. The van der Waals surface area contributed by atoms with Crippen LogP contribution in [0.3, 0.4) is 0 Å². The van der Waals surface area contributed by atoms with Crippen LogP contribution in [0.1, 0.15) is 28.4 Å². The summed E-state index contributed by atoms with van der Waals surface area (Å²) in [6.45, 7) is 4.04. The van der Waals surface area contributed by atoms with Gasteiger partial charge in [0.1, 0.15) is 0 Å². The van der Waals surface area contributed by atoms with Gasteiger partial charge in [0.05, 0.1) is 6.10 Å². The number of rotatable bonds is 3. The number of hydrogen-bond donors (Lipinski definition) is 1. The number of aromatic nitrogens is 1. The van der Waals surface area contributed by atoms with Crippen molar-refractivity contribution in [2.45, 2.75) is 26.4 Å². The topological polar surface area (TPSA) is 33.1 Å². The van der Waals surface area contributed by atoms with Gasteiger partial charge in [0.15, 0.2) is 0 Å². The Balaban J connectivity index is 2.11. The molecule has 0 spiro atoms. The third-order valence-electron chi connectivity index (χ3n) is 2.83. The first-order valence-electron chi connectivity index (χ1n) is 5.80. The highest BCUT2D eigenvalue weighted by Gasteiger charge is 2.08. The van der Waals surface area contributed by atoms with Gasteiger partial charge in [-0.05, 0) is 30.5 Å². The molecule has 88 valence electrons. The molecule has 1 heterocycles. The molecule has 0 saturated carbocycles. The van der Waals surface area contributed by atoms with Gasteiger partial charge in [-0.1, -0.05) is 35.9 Å². The van der Waals surface area contributed by atoms with Crippen LogP contribution in [0.25, 0.3) is 0 Å². The summed E-state index contributed by atoms with van der Waals surface area (Å²) >= 11 is 0. The largest absolute Gasteiger partial charge is 0.388 e. The lowest BCUT2D eigenvalue weighted by Crippen LogP contribution is -2.02. The van der Waals surface area contributed by atoms with Crippen LogP contribution >= 0.6 is 0 Å². The van der Waals surface area contributed by atoms with Crippen LogP contribution in [-0.2, 0) is 6.42 Å². The highest BCUT2D eigenvalue weighted by molar-refractivity contribution is 5.25. The molecular formula is C15H17NO. The molecule has 2 rings (SSSR count). The molecule has 1 N–H and O–H groups in total. The Labute approximate surface area is 102 Å². The van der Waals surface area contributed by atoms with Gasteiger partial charge in [-0.15, -0.1) is 0 Å². The molecule has 0 saturated heterocycles. The summed E-state index contributed by atoms with van der Waals surface area (Å²) in [5.74, 6) is 0. The second-order valence-corrected chi connectivity index (χ2v) is 4.50. The molecule has 0 aliphatic rings. The maximum Gasteiger partial charge on any atom is 0.0845 e. The number of aliphatic hydroxyl groups is 1. The van der Waals surface area contributed by atoms with E-state index >= 15 is 0 Å². The van der Waals surface area contributed by atoms with E-state index in [1.54, 1.807) is 12.4 Å². The van der Waals surface area contributed by atoms with Gasteiger partial charge in [0, 0.05) is 18.8 Å². The van der Waals surface area contributed by atoms with Crippen LogP contribution in [0.2, 0.25) is 0 Å². The standard InChI is InChI=1S/C15H17NO/c1-11-3-5-13(6-4-11)8-15(17)14-7-12(2)9-16-10-14/h3-7,9-10,15,17H,8H2,1-2H3. The highest BCUT2D eigenvalue weighted by atomic mass is 16.3. The average Bonchev–Trinajstić information content (AvgIpc) is 2.32. The zero-order valence-corrected chi connectivity index (χ0v) is 10.2. The molecule has 2 nitrogen and oxygen atoms in total. The van der Waals surface area contributed by atoms with Gasteiger partial charge in [-0.2, -0.15) is 0 Å². The molecule has 0 aliphatic carbocycles. The van der Waals surface area contributed by atoms with Crippen molar-refractivity contribution in [2.75, 3.05) is 0 Å². The summed E-state index contributed by atoms with van der Waals surface area (Å²) in [7, 11) is 0. The Kier molecular flexibility index (Phi) is 3.55. The molecule has 0 fully saturated rings.